The molecule has 0 fully saturated rings. The van der Waals surface area contributed by atoms with Gasteiger partial charge in [-0.25, -0.2) is 4.52 Å². The van der Waals surface area contributed by atoms with Crippen LogP contribution in [0.4, 0.5) is 22.7 Å². The van der Waals surface area contributed by atoms with Crippen LogP contribution in [0, 0.1) is 18.3 Å². The Morgan fingerprint density at radius 1 is 0.927 bits per heavy atom. The Labute approximate surface area is 236 Å². The zero-order chi connectivity index (χ0) is 28.9. The molecular weight excluding hydrogens is 520 g/mol. The number of nitrogens with zero attached hydrogens (tertiary/aromatic N) is 3. The standard InChI is InChI=1S/C31H26N6O4/c1-19-28(36-31(39)21-7-9-23(10-8-21)34-20(2)38)18-37-30(19)29(22(16-32)17-33-37)35-24-11-13-25(14-12-24)41-27-6-4-5-26(15-27)40-3/h4-15,17-18,35H,1-3H3,(H,34,38)(H,36,39). The molecule has 3 aromatic carbocycles. The number of aromatic nitrogens is 2. The van der Waals surface area contributed by atoms with Gasteiger partial charge >= 0.3 is 0 Å². The third-order valence-electron chi connectivity index (χ3n) is 6.29. The molecule has 0 saturated carbocycles. The van der Waals surface area contributed by atoms with Crippen LogP contribution in [-0.4, -0.2) is 28.5 Å². The monoisotopic (exact) mass is 546 g/mol. The highest BCUT2D eigenvalue weighted by Gasteiger charge is 2.18. The SMILES string of the molecule is COc1cccc(Oc2ccc(Nc3c(C#N)cnn4cc(NC(=O)c5ccc(NC(C)=O)cc5)c(C)c34)cc2)c1. The Balaban J connectivity index is 1.38. The largest absolute Gasteiger partial charge is 0.497 e. The Kier molecular flexibility index (Phi) is 7.52. The van der Waals surface area contributed by atoms with Crippen LogP contribution in [0.15, 0.2) is 85.2 Å². The summed E-state index contributed by atoms with van der Waals surface area (Å²) in [6.45, 7) is 3.27. The summed E-state index contributed by atoms with van der Waals surface area (Å²) < 4.78 is 12.8. The topological polar surface area (TPSA) is 130 Å². The number of methoxy groups -OCH3 is 1. The van der Waals surface area contributed by atoms with Crippen LogP contribution in [0.2, 0.25) is 0 Å². The molecule has 204 valence electrons. The van der Waals surface area contributed by atoms with Crippen LogP contribution in [0.25, 0.3) is 5.52 Å². The van der Waals surface area contributed by atoms with E-state index in [1.807, 2.05) is 49.4 Å². The first-order valence-electron chi connectivity index (χ1n) is 12.6. The molecule has 5 rings (SSSR count). The van der Waals surface area contributed by atoms with Crippen LogP contribution in [0.5, 0.6) is 17.2 Å². The molecule has 0 spiro atoms. The number of aryl methyl sites for hydroxylation is 1. The maximum atomic E-state index is 13.0. The molecule has 10 heteroatoms. The van der Waals surface area contributed by atoms with Gasteiger partial charge in [0.25, 0.3) is 5.91 Å². The molecule has 0 radical (unpaired) electrons. The summed E-state index contributed by atoms with van der Waals surface area (Å²) in [5, 5.41) is 23.1. The summed E-state index contributed by atoms with van der Waals surface area (Å²) in [5.41, 5.74) is 4.60. The van der Waals surface area contributed by atoms with E-state index in [-0.39, 0.29) is 11.8 Å². The van der Waals surface area contributed by atoms with E-state index in [1.54, 1.807) is 48.2 Å². The Morgan fingerprint density at radius 2 is 1.63 bits per heavy atom. The molecule has 10 nitrogen and oxygen atoms in total. The average molecular weight is 547 g/mol. The van der Waals surface area contributed by atoms with Gasteiger partial charge in [-0.2, -0.15) is 10.4 Å². The smallest absolute Gasteiger partial charge is 0.255 e. The number of anilines is 4. The second-order valence-electron chi connectivity index (χ2n) is 9.15. The highest BCUT2D eigenvalue weighted by molar-refractivity contribution is 6.06. The predicted octanol–water partition coefficient (Wildman–Crippen LogP) is 6.27. The molecule has 0 saturated heterocycles. The van der Waals surface area contributed by atoms with E-state index in [4.69, 9.17) is 9.47 Å². The molecule has 0 aliphatic heterocycles. The van der Waals surface area contributed by atoms with Crippen molar-refractivity contribution in [2.45, 2.75) is 13.8 Å². The van der Waals surface area contributed by atoms with Gasteiger partial charge in [0.05, 0.1) is 42.0 Å². The van der Waals surface area contributed by atoms with E-state index < -0.39 is 0 Å². The van der Waals surface area contributed by atoms with E-state index in [9.17, 15) is 14.9 Å². The van der Waals surface area contributed by atoms with Crippen molar-refractivity contribution in [1.82, 2.24) is 9.61 Å². The number of benzene rings is 3. The van der Waals surface area contributed by atoms with Crippen molar-refractivity contribution in [2.24, 2.45) is 0 Å². The van der Waals surface area contributed by atoms with Crippen LogP contribution in [0.1, 0.15) is 28.4 Å². The van der Waals surface area contributed by atoms with E-state index >= 15 is 0 Å². The number of nitriles is 1. The van der Waals surface area contributed by atoms with Crippen molar-refractivity contribution < 1.29 is 19.1 Å². The Bertz CT molecular complexity index is 1790. The van der Waals surface area contributed by atoms with Gasteiger partial charge in [-0.3, -0.25) is 9.59 Å². The van der Waals surface area contributed by atoms with Gasteiger partial charge in [-0.05, 0) is 67.6 Å². The minimum absolute atomic E-state index is 0.190. The first-order chi connectivity index (χ1) is 19.8. The van der Waals surface area contributed by atoms with Crippen LogP contribution < -0.4 is 25.4 Å². The fourth-order valence-corrected chi connectivity index (χ4v) is 4.28. The number of fused-ring (bicyclic) bond motifs is 1. The van der Waals surface area contributed by atoms with Crippen LogP contribution >= 0.6 is 0 Å². The summed E-state index contributed by atoms with van der Waals surface area (Å²) >= 11 is 0. The number of rotatable bonds is 8. The van der Waals surface area contributed by atoms with Crippen LogP contribution in [0.3, 0.4) is 0 Å². The van der Waals surface area contributed by atoms with Gasteiger partial charge < -0.3 is 25.4 Å². The lowest BCUT2D eigenvalue weighted by Gasteiger charge is -2.12. The zero-order valence-corrected chi connectivity index (χ0v) is 22.6. The summed E-state index contributed by atoms with van der Waals surface area (Å²) in [7, 11) is 1.60. The lowest BCUT2D eigenvalue weighted by atomic mass is 10.1. The first-order valence-corrected chi connectivity index (χ1v) is 12.6. The molecule has 0 aliphatic carbocycles. The second-order valence-corrected chi connectivity index (χ2v) is 9.15. The molecule has 0 unspecified atom stereocenters. The fraction of sp³-hybridized carbons (Fsp3) is 0.0968. The maximum Gasteiger partial charge on any atom is 0.255 e. The van der Waals surface area contributed by atoms with E-state index in [2.05, 4.69) is 27.1 Å². The van der Waals surface area contributed by atoms with Crippen molar-refractivity contribution in [2.75, 3.05) is 23.1 Å². The molecular formula is C31H26N6O4. The third kappa shape index (κ3) is 5.94. The molecule has 0 aliphatic rings. The number of nitrogens with one attached hydrogen (secondary N) is 3. The van der Waals surface area contributed by atoms with Gasteiger partial charge in [-0.1, -0.05) is 6.07 Å². The second kappa shape index (κ2) is 11.5. The van der Waals surface area contributed by atoms with Crippen molar-refractivity contribution in [3.8, 4) is 23.3 Å². The molecule has 0 atom stereocenters. The summed E-state index contributed by atoms with van der Waals surface area (Å²) in [6.07, 6.45) is 3.17. The quantitative estimate of drug-likeness (QED) is 0.209. The van der Waals surface area contributed by atoms with Crippen molar-refractivity contribution >= 4 is 40.1 Å². The highest BCUT2D eigenvalue weighted by atomic mass is 16.5. The molecule has 2 heterocycles. The van der Waals surface area contributed by atoms with Gasteiger partial charge in [0.15, 0.2) is 0 Å². The first kappa shape index (κ1) is 26.8. The molecule has 3 N–H and O–H groups in total. The van der Waals surface area contributed by atoms with Crippen LogP contribution in [-0.2, 0) is 4.79 Å². The number of carbonyl (C=O) groups excluding carboxylic acids is 2. The Morgan fingerprint density at radius 3 is 2.32 bits per heavy atom. The van der Waals surface area contributed by atoms with Gasteiger partial charge in [0.1, 0.15) is 23.3 Å². The van der Waals surface area contributed by atoms with Gasteiger partial charge in [-0.15, -0.1) is 0 Å². The number of ether oxygens (including phenoxy) is 2. The number of carbonyl (C=O) groups is 2. The predicted molar refractivity (Wildman–Crippen MR) is 156 cm³/mol. The molecule has 2 amide bonds. The summed E-state index contributed by atoms with van der Waals surface area (Å²) in [5.74, 6) is 1.47. The average Bonchev–Trinajstić information content (AvgIpc) is 3.29. The normalized spacial score (nSPS) is 10.5. The van der Waals surface area contributed by atoms with Gasteiger partial charge in [0, 0.05) is 35.5 Å². The fourth-order valence-electron chi connectivity index (χ4n) is 4.28. The number of hydrogen-bond acceptors (Lipinski definition) is 7. The molecule has 5 aromatic rings. The zero-order valence-electron chi connectivity index (χ0n) is 22.6. The molecule has 0 bridgehead atoms. The third-order valence-corrected chi connectivity index (χ3v) is 6.29. The van der Waals surface area contributed by atoms with Gasteiger partial charge in [0.2, 0.25) is 5.91 Å². The maximum absolute atomic E-state index is 13.0. The van der Waals surface area contributed by atoms with E-state index in [1.165, 1.54) is 13.1 Å². The van der Waals surface area contributed by atoms with Crippen molar-refractivity contribution in [1.29, 1.82) is 5.26 Å². The lowest BCUT2D eigenvalue weighted by Crippen LogP contribution is -2.12. The highest BCUT2D eigenvalue weighted by Crippen LogP contribution is 2.33. The molecule has 41 heavy (non-hydrogen) atoms. The molecule has 2 aromatic heterocycles. The summed E-state index contributed by atoms with van der Waals surface area (Å²) in [6, 6.07) is 23.4. The van der Waals surface area contributed by atoms with Crippen molar-refractivity contribution in [3.05, 3.63) is 102 Å². The van der Waals surface area contributed by atoms with E-state index in [0.29, 0.717) is 51.0 Å². The Hall–Kier alpha value is -5.82. The van der Waals surface area contributed by atoms with E-state index in [0.717, 1.165) is 11.3 Å². The minimum atomic E-state index is -0.319. The number of amides is 2. The minimum Gasteiger partial charge on any atom is -0.497 e. The van der Waals surface area contributed by atoms with Crippen molar-refractivity contribution in [3.63, 3.8) is 0 Å². The lowest BCUT2D eigenvalue weighted by molar-refractivity contribution is -0.114. The summed E-state index contributed by atoms with van der Waals surface area (Å²) in [4.78, 5) is 24.2. The number of hydrogen-bond donors (Lipinski definition) is 3.